The van der Waals surface area contributed by atoms with Crippen LogP contribution in [0.3, 0.4) is 0 Å². The number of aromatic nitrogens is 4. The zero-order valence-electron chi connectivity index (χ0n) is 23.4. The monoisotopic (exact) mass is 585 g/mol. The van der Waals surface area contributed by atoms with Crippen LogP contribution in [-0.2, 0) is 24.7 Å². The van der Waals surface area contributed by atoms with E-state index < -0.39 is 5.25 Å². The summed E-state index contributed by atoms with van der Waals surface area (Å²) in [4.78, 5) is 47.9. The van der Waals surface area contributed by atoms with Gasteiger partial charge in [0.2, 0.25) is 5.91 Å². The summed E-state index contributed by atoms with van der Waals surface area (Å²) < 4.78 is 4.92. The highest BCUT2D eigenvalue weighted by molar-refractivity contribution is 8.00. The summed E-state index contributed by atoms with van der Waals surface area (Å²) in [7, 11) is 1.79. The minimum atomic E-state index is -0.631. The van der Waals surface area contributed by atoms with Crippen molar-refractivity contribution in [1.82, 2.24) is 18.9 Å². The lowest BCUT2D eigenvalue weighted by Crippen LogP contribution is -2.29. The van der Waals surface area contributed by atoms with Crippen molar-refractivity contribution in [3.05, 3.63) is 97.0 Å². The van der Waals surface area contributed by atoms with Crippen molar-refractivity contribution in [3.63, 3.8) is 0 Å². The van der Waals surface area contributed by atoms with Gasteiger partial charge in [-0.2, -0.15) is 0 Å². The fourth-order valence-electron chi connectivity index (χ4n) is 5.44. The highest BCUT2D eigenvalue weighted by Gasteiger charge is 2.27. The number of thioether (sulfide) groups is 1. The van der Waals surface area contributed by atoms with Gasteiger partial charge in [-0.1, -0.05) is 48.2 Å². The standard InChI is InChI=1S/C31H31N5O3S2/c1-18-12-8-10-16-23(18)35-29(38)25-22-15-9-11-17-24(22)41-28(25)33-31(35)40-20(3)27(37)32-26-19(2)34(4)36(30(26)39)21-13-6-5-7-14-21/h5-8,10,12-14,16,20H,9,11,15,17H2,1-4H3,(H,32,37)/t20-/m0/s1. The second-order valence-electron chi connectivity index (χ2n) is 10.4. The number of thiophene rings is 1. The molecule has 0 unspecified atom stereocenters. The van der Waals surface area contributed by atoms with Gasteiger partial charge in [0.25, 0.3) is 11.1 Å². The van der Waals surface area contributed by atoms with Gasteiger partial charge in [0.1, 0.15) is 10.5 Å². The molecule has 210 valence electrons. The average Bonchev–Trinajstić information content (AvgIpc) is 3.44. The minimum absolute atomic E-state index is 0.0940. The summed E-state index contributed by atoms with van der Waals surface area (Å²) in [5, 5.41) is 3.40. The van der Waals surface area contributed by atoms with Crippen molar-refractivity contribution in [2.24, 2.45) is 7.05 Å². The number of nitrogens with zero attached hydrogens (tertiary/aromatic N) is 4. The summed E-state index contributed by atoms with van der Waals surface area (Å²) in [5.41, 5.74) is 4.02. The first-order valence-corrected chi connectivity index (χ1v) is 15.4. The van der Waals surface area contributed by atoms with Gasteiger partial charge in [0, 0.05) is 11.9 Å². The average molecular weight is 586 g/mol. The van der Waals surface area contributed by atoms with Gasteiger partial charge >= 0.3 is 0 Å². The van der Waals surface area contributed by atoms with Gasteiger partial charge in [-0.25, -0.2) is 9.67 Å². The second kappa shape index (κ2) is 10.8. The van der Waals surface area contributed by atoms with Gasteiger partial charge < -0.3 is 5.32 Å². The summed E-state index contributed by atoms with van der Waals surface area (Å²) in [6.45, 7) is 5.54. The van der Waals surface area contributed by atoms with Crippen LogP contribution < -0.4 is 16.4 Å². The molecule has 0 fully saturated rings. The molecule has 0 aliphatic heterocycles. The van der Waals surface area contributed by atoms with Crippen LogP contribution in [0, 0.1) is 13.8 Å². The van der Waals surface area contributed by atoms with Gasteiger partial charge in [-0.05, 0) is 75.8 Å². The maximum absolute atomic E-state index is 14.1. The third-order valence-corrected chi connectivity index (χ3v) is 10.0. The maximum Gasteiger partial charge on any atom is 0.295 e. The van der Waals surface area contributed by atoms with Crippen molar-refractivity contribution in [2.45, 2.75) is 56.9 Å². The molecule has 2 aromatic carbocycles. The highest BCUT2D eigenvalue weighted by atomic mass is 32.2. The molecular weight excluding hydrogens is 555 g/mol. The van der Waals surface area contributed by atoms with E-state index in [1.807, 2.05) is 61.5 Å². The molecule has 6 rings (SSSR count). The van der Waals surface area contributed by atoms with E-state index in [1.54, 1.807) is 41.5 Å². The summed E-state index contributed by atoms with van der Waals surface area (Å²) >= 11 is 2.82. The number of hydrogen-bond acceptors (Lipinski definition) is 6. The highest BCUT2D eigenvalue weighted by Crippen LogP contribution is 2.36. The number of fused-ring (bicyclic) bond motifs is 3. The van der Waals surface area contributed by atoms with E-state index in [0.29, 0.717) is 21.9 Å². The largest absolute Gasteiger partial charge is 0.319 e. The number of nitrogens with one attached hydrogen (secondary N) is 1. The molecular formula is C31H31N5O3S2. The molecule has 1 N–H and O–H groups in total. The zero-order valence-corrected chi connectivity index (χ0v) is 25.1. The van der Waals surface area contributed by atoms with E-state index in [2.05, 4.69) is 5.32 Å². The van der Waals surface area contributed by atoms with Crippen LogP contribution in [0.2, 0.25) is 0 Å². The Morgan fingerprint density at radius 3 is 2.46 bits per heavy atom. The van der Waals surface area contributed by atoms with Crippen LogP contribution in [0.1, 0.15) is 41.5 Å². The fraction of sp³-hybridized carbons (Fsp3) is 0.290. The number of carbonyl (C=O) groups is 1. The van der Waals surface area contributed by atoms with Crippen LogP contribution in [0.15, 0.2) is 69.3 Å². The normalized spacial score (nSPS) is 13.8. The Balaban J connectivity index is 1.38. The third kappa shape index (κ3) is 4.74. The first-order chi connectivity index (χ1) is 19.8. The molecule has 1 aliphatic rings. The maximum atomic E-state index is 14.1. The molecule has 1 atom stereocenters. The molecule has 1 aliphatic carbocycles. The molecule has 3 heterocycles. The summed E-state index contributed by atoms with van der Waals surface area (Å²) in [6, 6.07) is 17.0. The topological polar surface area (TPSA) is 90.9 Å². The lowest BCUT2D eigenvalue weighted by molar-refractivity contribution is -0.115. The Kier molecular flexibility index (Phi) is 7.21. The molecule has 41 heavy (non-hydrogen) atoms. The molecule has 1 amide bonds. The molecule has 0 radical (unpaired) electrons. The van der Waals surface area contributed by atoms with E-state index in [1.165, 1.54) is 21.3 Å². The smallest absolute Gasteiger partial charge is 0.295 e. The van der Waals surface area contributed by atoms with Gasteiger partial charge in [-0.3, -0.25) is 23.6 Å². The molecule has 8 nitrogen and oxygen atoms in total. The Morgan fingerprint density at radius 2 is 1.71 bits per heavy atom. The molecule has 0 bridgehead atoms. The Hall–Kier alpha value is -3.89. The van der Waals surface area contributed by atoms with E-state index >= 15 is 0 Å². The summed E-state index contributed by atoms with van der Waals surface area (Å²) in [5.74, 6) is -0.336. The number of amides is 1. The SMILES string of the molecule is Cc1ccccc1-n1c(S[C@@H](C)C(=O)Nc2c(C)n(C)n(-c3ccccc3)c2=O)nc2sc3c(c2c1=O)CCCC3. The van der Waals surface area contributed by atoms with Crippen molar-refractivity contribution < 1.29 is 4.79 Å². The number of hydrogen-bond donors (Lipinski definition) is 1. The minimum Gasteiger partial charge on any atom is -0.319 e. The van der Waals surface area contributed by atoms with Crippen LogP contribution >= 0.6 is 23.1 Å². The zero-order chi connectivity index (χ0) is 28.8. The van der Waals surface area contributed by atoms with Gasteiger partial charge in [-0.15, -0.1) is 11.3 Å². The molecule has 0 saturated heterocycles. The van der Waals surface area contributed by atoms with Crippen LogP contribution in [0.4, 0.5) is 5.69 Å². The Morgan fingerprint density at radius 1 is 1.00 bits per heavy atom. The molecule has 3 aromatic heterocycles. The molecule has 0 spiro atoms. The number of para-hydroxylation sites is 2. The lowest BCUT2D eigenvalue weighted by Gasteiger charge is -2.17. The van der Waals surface area contributed by atoms with Crippen LogP contribution in [0.5, 0.6) is 0 Å². The van der Waals surface area contributed by atoms with Crippen LogP contribution in [0.25, 0.3) is 21.6 Å². The van der Waals surface area contributed by atoms with Crippen molar-refractivity contribution in [1.29, 1.82) is 0 Å². The van der Waals surface area contributed by atoms with Crippen molar-refractivity contribution in [3.8, 4) is 11.4 Å². The number of benzene rings is 2. The quantitative estimate of drug-likeness (QED) is 0.208. The Bertz CT molecular complexity index is 1920. The van der Waals surface area contributed by atoms with E-state index in [9.17, 15) is 14.4 Å². The van der Waals surface area contributed by atoms with E-state index in [4.69, 9.17) is 4.98 Å². The molecule has 10 heteroatoms. The van der Waals surface area contributed by atoms with E-state index in [0.717, 1.165) is 47.3 Å². The third-order valence-electron chi connectivity index (χ3n) is 7.77. The number of aryl methyl sites for hydroxylation is 3. The summed E-state index contributed by atoms with van der Waals surface area (Å²) in [6.07, 6.45) is 4.05. The predicted molar refractivity (Wildman–Crippen MR) is 166 cm³/mol. The number of anilines is 1. The lowest BCUT2D eigenvalue weighted by atomic mass is 9.97. The first kappa shape index (κ1) is 27.3. The van der Waals surface area contributed by atoms with Gasteiger partial charge in [0.15, 0.2) is 5.16 Å². The number of carbonyl (C=O) groups excluding carboxylic acids is 1. The fourth-order valence-corrected chi connectivity index (χ4v) is 7.66. The van der Waals surface area contributed by atoms with Crippen molar-refractivity contribution >= 4 is 44.9 Å². The Labute approximate surface area is 245 Å². The van der Waals surface area contributed by atoms with Crippen molar-refractivity contribution in [2.75, 3.05) is 5.32 Å². The molecule has 5 aromatic rings. The first-order valence-electron chi connectivity index (χ1n) is 13.7. The number of rotatable bonds is 6. The predicted octanol–water partition coefficient (Wildman–Crippen LogP) is 5.55. The second-order valence-corrected chi connectivity index (χ2v) is 12.8. The van der Waals surface area contributed by atoms with Crippen LogP contribution in [-0.4, -0.2) is 30.1 Å². The van der Waals surface area contributed by atoms with E-state index in [-0.39, 0.29) is 22.7 Å². The van der Waals surface area contributed by atoms with Gasteiger partial charge in [0.05, 0.1) is 27.7 Å². The molecule has 0 saturated carbocycles.